The normalized spacial score (nSPS) is 16.5. The number of hydrogen-bond acceptors (Lipinski definition) is 8. The third-order valence-electron chi connectivity index (χ3n) is 5.66. The summed E-state index contributed by atoms with van der Waals surface area (Å²) in [6.07, 6.45) is 5.00. The SMILES string of the molecule is Cc1cc(N2CCC(Nc3ncc4c(n3)N(c3cc(F)cc(F)c3)CCO4)CC2)ncn1. The van der Waals surface area contributed by atoms with Gasteiger partial charge in [0, 0.05) is 42.6 Å². The van der Waals surface area contributed by atoms with Gasteiger partial charge in [-0.2, -0.15) is 4.98 Å². The smallest absolute Gasteiger partial charge is 0.225 e. The number of aromatic nitrogens is 4. The Morgan fingerprint density at radius 3 is 2.53 bits per heavy atom. The maximum atomic E-state index is 13.8. The maximum absolute atomic E-state index is 13.8. The van der Waals surface area contributed by atoms with E-state index < -0.39 is 11.6 Å². The molecule has 1 N–H and O–H groups in total. The van der Waals surface area contributed by atoms with Gasteiger partial charge in [0.15, 0.2) is 11.6 Å². The van der Waals surface area contributed by atoms with Crippen molar-refractivity contribution in [3.8, 4) is 5.75 Å². The molecule has 5 rings (SSSR count). The van der Waals surface area contributed by atoms with Crippen LogP contribution in [-0.2, 0) is 0 Å². The molecule has 2 aliphatic heterocycles. The first-order valence-electron chi connectivity index (χ1n) is 10.6. The number of fused-ring (bicyclic) bond motifs is 1. The minimum absolute atomic E-state index is 0.205. The van der Waals surface area contributed by atoms with Gasteiger partial charge in [-0.25, -0.2) is 23.7 Å². The molecule has 0 bridgehead atoms. The second kappa shape index (κ2) is 8.52. The van der Waals surface area contributed by atoms with Crippen molar-refractivity contribution in [3.05, 3.63) is 54.1 Å². The van der Waals surface area contributed by atoms with Crippen molar-refractivity contribution in [2.45, 2.75) is 25.8 Å². The minimum atomic E-state index is -0.633. The van der Waals surface area contributed by atoms with Crippen LogP contribution in [0.5, 0.6) is 5.75 Å². The molecular formula is C22H23F2N7O. The molecule has 0 unspecified atom stereocenters. The summed E-state index contributed by atoms with van der Waals surface area (Å²) in [5, 5.41) is 3.40. The van der Waals surface area contributed by atoms with E-state index in [4.69, 9.17) is 4.74 Å². The van der Waals surface area contributed by atoms with Gasteiger partial charge in [-0.1, -0.05) is 0 Å². The van der Waals surface area contributed by atoms with Gasteiger partial charge in [-0.3, -0.25) is 0 Å². The summed E-state index contributed by atoms with van der Waals surface area (Å²) in [4.78, 5) is 21.5. The predicted molar refractivity (Wildman–Crippen MR) is 117 cm³/mol. The zero-order valence-corrected chi connectivity index (χ0v) is 17.6. The fraction of sp³-hybridized carbons (Fsp3) is 0.364. The molecule has 8 nitrogen and oxygen atoms in total. The highest BCUT2D eigenvalue weighted by Crippen LogP contribution is 2.35. The monoisotopic (exact) mass is 439 g/mol. The van der Waals surface area contributed by atoms with Crippen molar-refractivity contribution in [1.29, 1.82) is 0 Å². The molecule has 3 aromatic rings. The van der Waals surface area contributed by atoms with Crippen molar-refractivity contribution >= 4 is 23.3 Å². The lowest BCUT2D eigenvalue weighted by molar-refractivity contribution is 0.310. The van der Waals surface area contributed by atoms with Gasteiger partial charge < -0.3 is 19.9 Å². The first-order valence-corrected chi connectivity index (χ1v) is 10.6. The van der Waals surface area contributed by atoms with Gasteiger partial charge >= 0.3 is 0 Å². The number of piperidine rings is 1. The number of nitrogens with one attached hydrogen (secondary N) is 1. The fourth-order valence-corrected chi connectivity index (χ4v) is 4.07. The van der Waals surface area contributed by atoms with Crippen molar-refractivity contribution in [3.63, 3.8) is 0 Å². The van der Waals surface area contributed by atoms with Gasteiger partial charge in [0.1, 0.15) is 30.4 Å². The Balaban J connectivity index is 1.30. The molecule has 1 saturated heterocycles. The summed E-state index contributed by atoms with van der Waals surface area (Å²) in [5.41, 5.74) is 1.34. The summed E-state index contributed by atoms with van der Waals surface area (Å²) < 4.78 is 33.2. The Bertz CT molecular complexity index is 1100. The second-order valence-corrected chi connectivity index (χ2v) is 7.93. The van der Waals surface area contributed by atoms with Gasteiger partial charge in [0.25, 0.3) is 0 Å². The van der Waals surface area contributed by atoms with Crippen LogP contribution in [0.15, 0.2) is 36.8 Å². The average Bonchev–Trinajstić information content (AvgIpc) is 2.78. The van der Waals surface area contributed by atoms with Crippen molar-refractivity contribution < 1.29 is 13.5 Å². The summed E-state index contributed by atoms with van der Waals surface area (Å²) in [5.74, 6) is 1.12. The summed E-state index contributed by atoms with van der Waals surface area (Å²) in [7, 11) is 0. The first-order chi connectivity index (χ1) is 15.5. The molecule has 10 heteroatoms. The van der Waals surface area contributed by atoms with Crippen LogP contribution in [0.25, 0.3) is 0 Å². The number of rotatable bonds is 4. The van der Waals surface area contributed by atoms with E-state index in [-0.39, 0.29) is 6.04 Å². The number of aryl methyl sites for hydroxylation is 1. The number of anilines is 4. The van der Waals surface area contributed by atoms with Crippen molar-refractivity contribution in [2.24, 2.45) is 0 Å². The lowest BCUT2D eigenvalue weighted by Gasteiger charge is -2.34. The molecular weight excluding hydrogens is 416 g/mol. The standard InChI is InChI=1S/C22H23F2N7O/c1-14-8-20(27-13-26-14)30-4-2-17(3-5-30)28-22-25-12-19-21(29-22)31(6-7-32-19)18-10-15(23)9-16(24)11-18/h8-13,17H,2-7H2,1H3,(H,25,28,29). The topological polar surface area (TPSA) is 79.3 Å². The van der Waals surface area contributed by atoms with Crippen molar-refractivity contribution in [2.75, 3.05) is 41.4 Å². The summed E-state index contributed by atoms with van der Waals surface area (Å²) in [6, 6.07) is 5.63. The van der Waals surface area contributed by atoms with Crippen LogP contribution >= 0.6 is 0 Å². The maximum Gasteiger partial charge on any atom is 0.225 e. The van der Waals surface area contributed by atoms with E-state index in [2.05, 4.69) is 30.2 Å². The molecule has 2 aromatic heterocycles. The third kappa shape index (κ3) is 4.25. The third-order valence-corrected chi connectivity index (χ3v) is 5.66. The Hall–Kier alpha value is -3.56. The highest BCUT2D eigenvalue weighted by Gasteiger charge is 2.25. The highest BCUT2D eigenvalue weighted by molar-refractivity contribution is 5.67. The molecule has 2 aliphatic rings. The number of ether oxygens (including phenoxy) is 1. The van der Waals surface area contributed by atoms with Crippen LogP contribution in [0.2, 0.25) is 0 Å². The van der Waals surface area contributed by atoms with Crippen LogP contribution < -0.4 is 19.9 Å². The Morgan fingerprint density at radius 1 is 1.00 bits per heavy atom. The zero-order chi connectivity index (χ0) is 22.1. The average molecular weight is 439 g/mol. The molecule has 1 fully saturated rings. The number of benzene rings is 1. The highest BCUT2D eigenvalue weighted by atomic mass is 19.1. The van der Waals surface area contributed by atoms with E-state index in [1.165, 1.54) is 12.1 Å². The predicted octanol–water partition coefficient (Wildman–Crippen LogP) is 3.46. The molecule has 4 heterocycles. The Morgan fingerprint density at radius 2 is 1.78 bits per heavy atom. The van der Waals surface area contributed by atoms with Gasteiger partial charge in [0.05, 0.1) is 12.7 Å². The number of nitrogens with zero attached hydrogens (tertiary/aromatic N) is 6. The van der Waals surface area contributed by atoms with Crippen LogP contribution in [0.3, 0.4) is 0 Å². The van der Waals surface area contributed by atoms with Gasteiger partial charge in [-0.05, 0) is 31.9 Å². The second-order valence-electron chi connectivity index (χ2n) is 7.93. The molecule has 0 atom stereocenters. The molecule has 0 amide bonds. The molecule has 0 spiro atoms. The Labute approximate surface area is 184 Å². The van der Waals surface area contributed by atoms with E-state index in [0.29, 0.717) is 36.4 Å². The summed E-state index contributed by atoms with van der Waals surface area (Å²) in [6.45, 7) is 4.48. The van der Waals surface area contributed by atoms with E-state index in [9.17, 15) is 8.78 Å². The summed E-state index contributed by atoms with van der Waals surface area (Å²) >= 11 is 0. The van der Waals surface area contributed by atoms with Gasteiger partial charge in [0.2, 0.25) is 5.95 Å². The number of hydrogen-bond donors (Lipinski definition) is 1. The fourth-order valence-electron chi connectivity index (χ4n) is 4.07. The van der Waals surface area contributed by atoms with Crippen LogP contribution in [0.1, 0.15) is 18.5 Å². The largest absolute Gasteiger partial charge is 0.486 e. The van der Waals surface area contributed by atoms with Gasteiger partial charge in [-0.15, -0.1) is 0 Å². The molecule has 0 aliphatic carbocycles. The van der Waals surface area contributed by atoms with E-state index >= 15 is 0 Å². The first kappa shape index (κ1) is 20.3. The van der Waals surface area contributed by atoms with Crippen LogP contribution in [-0.4, -0.2) is 52.2 Å². The minimum Gasteiger partial charge on any atom is -0.486 e. The molecule has 0 radical (unpaired) electrons. The zero-order valence-electron chi connectivity index (χ0n) is 17.6. The van der Waals surface area contributed by atoms with E-state index in [1.54, 1.807) is 17.4 Å². The van der Waals surface area contributed by atoms with E-state index in [0.717, 1.165) is 43.5 Å². The quantitative estimate of drug-likeness (QED) is 0.662. The molecule has 0 saturated carbocycles. The molecule has 166 valence electrons. The lowest BCUT2D eigenvalue weighted by atomic mass is 10.1. The molecule has 1 aromatic carbocycles. The van der Waals surface area contributed by atoms with Crippen LogP contribution in [0, 0.1) is 18.6 Å². The molecule has 32 heavy (non-hydrogen) atoms. The Kier molecular flexibility index (Phi) is 5.42. The van der Waals surface area contributed by atoms with Crippen molar-refractivity contribution in [1.82, 2.24) is 19.9 Å². The number of halogens is 2. The van der Waals surface area contributed by atoms with Crippen LogP contribution in [0.4, 0.5) is 32.1 Å². The lowest BCUT2D eigenvalue weighted by Crippen LogP contribution is -2.40. The van der Waals surface area contributed by atoms with E-state index in [1.807, 2.05) is 13.0 Å².